The van der Waals surface area contributed by atoms with E-state index >= 15 is 0 Å². The average Bonchev–Trinajstić information content (AvgIpc) is 3.25. The minimum atomic E-state index is -0.476. The van der Waals surface area contributed by atoms with Crippen molar-refractivity contribution in [2.24, 2.45) is 0 Å². The Labute approximate surface area is 154 Å². The highest BCUT2D eigenvalue weighted by molar-refractivity contribution is 7.17. The number of thiophene rings is 2. The SMILES string of the molecule is Cc1nc(N2CCOCC2CC(O)c2cccs2)c2c(C)csc2n1. The van der Waals surface area contributed by atoms with Crippen LogP contribution in [0.3, 0.4) is 0 Å². The van der Waals surface area contributed by atoms with Gasteiger partial charge in [0.25, 0.3) is 0 Å². The molecule has 0 spiro atoms. The maximum absolute atomic E-state index is 10.6. The molecule has 1 aliphatic heterocycles. The van der Waals surface area contributed by atoms with Crippen LogP contribution >= 0.6 is 22.7 Å². The van der Waals surface area contributed by atoms with Gasteiger partial charge in [-0.15, -0.1) is 22.7 Å². The summed E-state index contributed by atoms with van der Waals surface area (Å²) in [5.74, 6) is 1.77. The summed E-state index contributed by atoms with van der Waals surface area (Å²) in [5.41, 5.74) is 1.21. The number of nitrogens with zero attached hydrogens (tertiary/aromatic N) is 3. The Balaban J connectivity index is 1.68. The number of morpholine rings is 1. The molecule has 0 radical (unpaired) electrons. The van der Waals surface area contributed by atoms with E-state index in [1.807, 2.05) is 24.4 Å². The summed E-state index contributed by atoms with van der Waals surface area (Å²) in [6.07, 6.45) is 0.157. The van der Waals surface area contributed by atoms with Gasteiger partial charge in [0.2, 0.25) is 0 Å². The van der Waals surface area contributed by atoms with Crippen molar-refractivity contribution in [1.82, 2.24) is 9.97 Å². The Bertz CT molecular complexity index is 863. The highest BCUT2D eigenvalue weighted by Gasteiger charge is 2.29. The van der Waals surface area contributed by atoms with Crippen LogP contribution in [0, 0.1) is 13.8 Å². The zero-order valence-electron chi connectivity index (χ0n) is 14.3. The van der Waals surface area contributed by atoms with Crippen molar-refractivity contribution in [3.63, 3.8) is 0 Å². The third kappa shape index (κ3) is 3.29. The summed E-state index contributed by atoms with van der Waals surface area (Å²) >= 11 is 3.25. The van der Waals surface area contributed by atoms with Gasteiger partial charge in [-0.1, -0.05) is 6.07 Å². The molecule has 132 valence electrons. The molecule has 1 saturated heterocycles. The zero-order chi connectivity index (χ0) is 17.4. The molecule has 25 heavy (non-hydrogen) atoms. The van der Waals surface area contributed by atoms with Crippen molar-refractivity contribution in [1.29, 1.82) is 0 Å². The van der Waals surface area contributed by atoms with Gasteiger partial charge in [-0.3, -0.25) is 0 Å². The third-order valence-corrected chi connectivity index (χ3v) is 6.54. The number of aryl methyl sites for hydroxylation is 2. The zero-order valence-corrected chi connectivity index (χ0v) is 15.9. The summed E-state index contributed by atoms with van der Waals surface area (Å²) in [6, 6.07) is 4.06. The van der Waals surface area contributed by atoms with Crippen LogP contribution in [-0.2, 0) is 4.74 Å². The van der Waals surface area contributed by atoms with E-state index in [0.717, 1.165) is 33.3 Å². The van der Waals surface area contributed by atoms with Gasteiger partial charge in [-0.25, -0.2) is 9.97 Å². The molecule has 3 aromatic heterocycles. The molecular weight excluding hydrogens is 354 g/mol. The summed E-state index contributed by atoms with van der Waals surface area (Å²) in [4.78, 5) is 13.7. The lowest BCUT2D eigenvalue weighted by Gasteiger charge is -2.38. The predicted molar refractivity (Wildman–Crippen MR) is 103 cm³/mol. The summed E-state index contributed by atoms with van der Waals surface area (Å²) in [7, 11) is 0. The van der Waals surface area contributed by atoms with E-state index in [0.29, 0.717) is 19.6 Å². The summed E-state index contributed by atoms with van der Waals surface area (Å²) in [6.45, 7) is 6.11. The number of anilines is 1. The molecule has 4 rings (SSSR count). The van der Waals surface area contributed by atoms with Crippen LogP contribution in [0.2, 0.25) is 0 Å². The fourth-order valence-electron chi connectivity index (χ4n) is 3.36. The van der Waals surface area contributed by atoms with Gasteiger partial charge in [0.1, 0.15) is 16.5 Å². The van der Waals surface area contributed by atoms with Crippen molar-refractivity contribution < 1.29 is 9.84 Å². The predicted octanol–water partition coefficient (Wildman–Crippen LogP) is 3.70. The fraction of sp³-hybridized carbons (Fsp3) is 0.444. The number of rotatable bonds is 4. The van der Waals surface area contributed by atoms with Gasteiger partial charge in [-0.2, -0.15) is 0 Å². The van der Waals surface area contributed by atoms with Gasteiger partial charge in [0.15, 0.2) is 0 Å². The van der Waals surface area contributed by atoms with E-state index in [1.54, 1.807) is 22.7 Å². The van der Waals surface area contributed by atoms with E-state index in [4.69, 9.17) is 9.72 Å². The number of hydrogen-bond acceptors (Lipinski definition) is 7. The first kappa shape index (κ1) is 16.9. The minimum Gasteiger partial charge on any atom is -0.387 e. The maximum atomic E-state index is 10.6. The molecular formula is C18H21N3O2S2. The molecule has 3 aromatic rings. The Morgan fingerprint density at radius 2 is 2.24 bits per heavy atom. The molecule has 2 unspecified atom stereocenters. The Morgan fingerprint density at radius 3 is 3.04 bits per heavy atom. The van der Waals surface area contributed by atoms with E-state index < -0.39 is 6.10 Å². The van der Waals surface area contributed by atoms with Crippen LogP contribution in [0.15, 0.2) is 22.9 Å². The number of fused-ring (bicyclic) bond motifs is 1. The summed E-state index contributed by atoms with van der Waals surface area (Å²) < 4.78 is 5.72. The second kappa shape index (κ2) is 6.99. The van der Waals surface area contributed by atoms with Crippen LogP contribution in [0.5, 0.6) is 0 Å². The van der Waals surface area contributed by atoms with E-state index in [1.165, 1.54) is 5.56 Å². The van der Waals surface area contributed by atoms with E-state index in [2.05, 4.69) is 22.2 Å². The molecule has 0 amide bonds. The van der Waals surface area contributed by atoms with Gasteiger partial charge in [0.05, 0.1) is 30.7 Å². The molecule has 1 N–H and O–H groups in total. The van der Waals surface area contributed by atoms with Crippen LogP contribution in [0.4, 0.5) is 5.82 Å². The first-order chi connectivity index (χ1) is 12.1. The number of aliphatic hydroxyl groups is 1. The quantitative estimate of drug-likeness (QED) is 0.753. The molecule has 0 saturated carbocycles. The minimum absolute atomic E-state index is 0.0997. The normalized spacial score (nSPS) is 19.5. The smallest absolute Gasteiger partial charge is 0.141 e. The molecule has 7 heteroatoms. The van der Waals surface area contributed by atoms with Crippen molar-refractivity contribution >= 4 is 38.7 Å². The molecule has 2 atom stereocenters. The highest BCUT2D eigenvalue weighted by Crippen LogP contribution is 2.35. The number of aromatic nitrogens is 2. The lowest BCUT2D eigenvalue weighted by molar-refractivity contribution is 0.0686. The fourth-order valence-corrected chi connectivity index (χ4v) is 5.04. The second-order valence-corrected chi connectivity index (χ2v) is 8.22. The highest BCUT2D eigenvalue weighted by atomic mass is 32.1. The lowest BCUT2D eigenvalue weighted by Crippen LogP contribution is -2.47. The van der Waals surface area contributed by atoms with Gasteiger partial charge in [0, 0.05) is 17.8 Å². The van der Waals surface area contributed by atoms with Gasteiger partial charge < -0.3 is 14.7 Å². The Kier molecular flexibility index (Phi) is 4.73. The van der Waals surface area contributed by atoms with Crippen LogP contribution < -0.4 is 4.90 Å². The standard InChI is InChI=1S/C18H21N3O2S2/c1-11-10-25-18-16(11)17(19-12(2)20-18)21-5-6-23-9-13(21)8-14(22)15-4-3-7-24-15/h3-4,7,10,13-14,22H,5-6,8-9H2,1-2H3. The maximum Gasteiger partial charge on any atom is 0.141 e. The molecule has 0 aromatic carbocycles. The Morgan fingerprint density at radius 1 is 1.36 bits per heavy atom. The average molecular weight is 376 g/mol. The van der Waals surface area contributed by atoms with Crippen molar-refractivity contribution in [2.75, 3.05) is 24.7 Å². The lowest BCUT2D eigenvalue weighted by atomic mass is 10.1. The topological polar surface area (TPSA) is 58.5 Å². The number of hydrogen-bond donors (Lipinski definition) is 1. The van der Waals surface area contributed by atoms with Crippen molar-refractivity contribution in [3.05, 3.63) is 39.2 Å². The first-order valence-electron chi connectivity index (χ1n) is 8.42. The van der Waals surface area contributed by atoms with Gasteiger partial charge in [-0.05, 0) is 36.2 Å². The van der Waals surface area contributed by atoms with Gasteiger partial charge >= 0.3 is 0 Å². The van der Waals surface area contributed by atoms with Crippen LogP contribution in [0.25, 0.3) is 10.2 Å². The van der Waals surface area contributed by atoms with Crippen LogP contribution in [-0.4, -0.2) is 40.9 Å². The van der Waals surface area contributed by atoms with E-state index in [-0.39, 0.29) is 6.04 Å². The second-order valence-electron chi connectivity index (χ2n) is 6.38. The van der Waals surface area contributed by atoms with E-state index in [9.17, 15) is 5.11 Å². The van der Waals surface area contributed by atoms with Crippen LogP contribution in [0.1, 0.15) is 28.8 Å². The molecule has 0 bridgehead atoms. The molecule has 5 nitrogen and oxygen atoms in total. The molecule has 1 aliphatic rings. The molecule has 4 heterocycles. The first-order valence-corrected chi connectivity index (χ1v) is 10.2. The molecule has 0 aliphatic carbocycles. The largest absolute Gasteiger partial charge is 0.387 e. The summed E-state index contributed by atoms with van der Waals surface area (Å²) in [5, 5.41) is 15.9. The monoisotopic (exact) mass is 375 g/mol. The third-order valence-electron chi connectivity index (χ3n) is 4.58. The number of aliphatic hydroxyl groups excluding tert-OH is 1. The Hall–Kier alpha value is -1.54. The number of ether oxygens (including phenoxy) is 1. The molecule has 1 fully saturated rings. The van der Waals surface area contributed by atoms with Crippen molar-refractivity contribution in [3.8, 4) is 0 Å². The van der Waals surface area contributed by atoms with Crippen molar-refractivity contribution in [2.45, 2.75) is 32.4 Å².